The number of amidine groups is 1. The first-order chi connectivity index (χ1) is 14.1. The Balaban J connectivity index is 1.71. The smallest absolute Gasteiger partial charge is 0.283 e. The molecule has 3 N–H and O–H groups in total. The molecule has 1 aromatic carbocycles. The third-order valence-electron chi connectivity index (χ3n) is 5.54. The van der Waals surface area contributed by atoms with Crippen molar-refractivity contribution in [1.29, 1.82) is 0 Å². The normalized spacial score (nSPS) is 27.0. The summed E-state index contributed by atoms with van der Waals surface area (Å²) in [6, 6.07) is 6.37. The molecule has 0 saturated heterocycles. The van der Waals surface area contributed by atoms with Crippen LogP contribution in [0.25, 0.3) is 0 Å². The van der Waals surface area contributed by atoms with Gasteiger partial charge in [-0.1, -0.05) is 11.6 Å². The Kier molecular flexibility index (Phi) is 4.88. The van der Waals surface area contributed by atoms with Crippen molar-refractivity contribution >= 4 is 29.2 Å². The van der Waals surface area contributed by atoms with Crippen LogP contribution in [-0.2, 0) is 10.3 Å². The molecule has 1 aliphatic carbocycles. The van der Waals surface area contributed by atoms with Crippen LogP contribution in [-0.4, -0.2) is 28.9 Å². The SMILES string of the molecule is C[C@]1(c2cc(NC(=O)c3ccc(Cl)cn3)ccc2F)N=C(N)OC2CCC(F)(F)C21. The maximum absolute atomic E-state index is 14.8. The number of carbonyl (C=O) groups excluding carboxylic acids is 1. The van der Waals surface area contributed by atoms with E-state index < -0.39 is 41.6 Å². The van der Waals surface area contributed by atoms with Crippen molar-refractivity contribution in [2.75, 3.05) is 5.32 Å². The predicted molar refractivity (Wildman–Crippen MR) is 105 cm³/mol. The summed E-state index contributed by atoms with van der Waals surface area (Å²) in [5.41, 5.74) is 4.24. The Labute approximate surface area is 175 Å². The molecule has 6 nitrogen and oxygen atoms in total. The summed E-state index contributed by atoms with van der Waals surface area (Å²) in [6.07, 6.45) is 0.124. The number of amides is 1. The van der Waals surface area contributed by atoms with Crippen molar-refractivity contribution in [2.24, 2.45) is 16.6 Å². The van der Waals surface area contributed by atoms with Gasteiger partial charge in [-0.2, -0.15) is 0 Å². The van der Waals surface area contributed by atoms with Crippen LogP contribution in [0.3, 0.4) is 0 Å². The van der Waals surface area contributed by atoms with Gasteiger partial charge in [-0.05, 0) is 43.7 Å². The lowest BCUT2D eigenvalue weighted by Gasteiger charge is -2.41. The maximum Gasteiger partial charge on any atom is 0.283 e. The first-order valence-electron chi connectivity index (χ1n) is 9.23. The topological polar surface area (TPSA) is 89.6 Å². The minimum absolute atomic E-state index is 0.0871. The predicted octanol–water partition coefficient (Wildman–Crippen LogP) is 4.10. The van der Waals surface area contributed by atoms with Crippen LogP contribution in [0.4, 0.5) is 18.9 Å². The third-order valence-corrected chi connectivity index (χ3v) is 5.76. The number of anilines is 1. The molecule has 1 saturated carbocycles. The summed E-state index contributed by atoms with van der Waals surface area (Å²) in [6.45, 7) is 1.41. The number of aliphatic imine (C=N–C) groups is 1. The van der Waals surface area contributed by atoms with E-state index in [1.54, 1.807) is 0 Å². The van der Waals surface area contributed by atoms with Crippen molar-refractivity contribution in [1.82, 2.24) is 4.98 Å². The molecule has 1 amide bonds. The van der Waals surface area contributed by atoms with E-state index in [0.717, 1.165) is 6.07 Å². The molecule has 158 valence electrons. The molecule has 2 unspecified atom stereocenters. The summed E-state index contributed by atoms with van der Waals surface area (Å²) in [5, 5.41) is 2.95. The molecule has 0 bridgehead atoms. The number of halogens is 4. The van der Waals surface area contributed by atoms with Gasteiger partial charge in [0.2, 0.25) is 0 Å². The number of carbonyl (C=O) groups is 1. The quantitative estimate of drug-likeness (QED) is 0.755. The lowest BCUT2D eigenvalue weighted by Crippen LogP contribution is -2.51. The van der Waals surface area contributed by atoms with Gasteiger partial charge >= 0.3 is 0 Å². The summed E-state index contributed by atoms with van der Waals surface area (Å²) < 4.78 is 49.5. The Bertz CT molecular complexity index is 1030. The van der Waals surface area contributed by atoms with Crippen LogP contribution in [0.5, 0.6) is 0 Å². The number of aromatic nitrogens is 1. The summed E-state index contributed by atoms with van der Waals surface area (Å²) >= 11 is 5.77. The Morgan fingerprint density at radius 3 is 2.80 bits per heavy atom. The first kappa shape index (κ1) is 20.5. The zero-order valence-corrected chi connectivity index (χ0v) is 16.6. The maximum atomic E-state index is 14.8. The molecule has 10 heteroatoms. The Morgan fingerprint density at radius 2 is 2.10 bits per heavy atom. The van der Waals surface area contributed by atoms with E-state index >= 15 is 0 Å². The van der Waals surface area contributed by atoms with E-state index in [0.29, 0.717) is 5.02 Å². The second-order valence-electron chi connectivity index (χ2n) is 7.54. The number of rotatable bonds is 3. The number of benzene rings is 1. The highest BCUT2D eigenvalue weighted by molar-refractivity contribution is 6.30. The number of ether oxygens (including phenoxy) is 1. The van der Waals surface area contributed by atoms with Gasteiger partial charge in [0.05, 0.1) is 10.9 Å². The van der Waals surface area contributed by atoms with Crippen molar-refractivity contribution in [3.8, 4) is 0 Å². The van der Waals surface area contributed by atoms with E-state index in [-0.39, 0.29) is 29.4 Å². The molecule has 0 spiro atoms. The average molecular weight is 439 g/mol. The van der Waals surface area contributed by atoms with Crippen molar-refractivity contribution < 1.29 is 22.7 Å². The molecule has 30 heavy (non-hydrogen) atoms. The number of nitrogens with one attached hydrogen (secondary N) is 1. The summed E-state index contributed by atoms with van der Waals surface area (Å²) in [7, 11) is 0. The monoisotopic (exact) mass is 438 g/mol. The van der Waals surface area contributed by atoms with Gasteiger partial charge in [-0.25, -0.2) is 23.1 Å². The standard InChI is InChI=1S/C20H18ClF3N4O2/c1-19(16-15(30-18(25)28-19)6-7-20(16,23)24)12-8-11(3-4-13(12)22)27-17(29)14-5-2-10(21)9-26-14/h2-5,8-9,15-16H,6-7H2,1H3,(H2,25,28)(H,27,29)/t15?,16?,19-/m1/s1. The number of nitrogens with zero attached hydrogens (tertiary/aromatic N) is 2. The zero-order chi connectivity index (χ0) is 21.7. The molecular formula is C20H18ClF3N4O2. The van der Waals surface area contributed by atoms with Gasteiger partial charge in [-0.3, -0.25) is 4.79 Å². The Morgan fingerprint density at radius 1 is 1.33 bits per heavy atom. The Hall–Kier alpha value is -2.81. The van der Waals surface area contributed by atoms with Crippen molar-refractivity contribution in [3.05, 3.63) is 58.6 Å². The van der Waals surface area contributed by atoms with E-state index in [4.69, 9.17) is 22.1 Å². The molecular weight excluding hydrogens is 421 g/mol. The second kappa shape index (κ2) is 7.16. The third kappa shape index (κ3) is 3.47. The molecule has 4 rings (SSSR count). The average Bonchev–Trinajstić information content (AvgIpc) is 2.98. The van der Waals surface area contributed by atoms with Crippen molar-refractivity contribution in [3.63, 3.8) is 0 Å². The number of nitrogens with two attached hydrogens (primary N) is 1. The van der Waals surface area contributed by atoms with Gasteiger partial charge in [0, 0.05) is 23.9 Å². The molecule has 0 radical (unpaired) electrons. The van der Waals surface area contributed by atoms with Gasteiger partial charge in [0.15, 0.2) is 0 Å². The van der Waals surface area contributed by atoms with E-state index in [9.17, 15) is 18.0 Å². The molecule has 2 heterocycles. The number of alkyl halides is 2. The van der Waals surface area contributed by atoms with Gasteiger partial charge < -0.3 is 15.8 Å². The summed E-state index contributed by atoms with van der Waals surface area (Å²) in [5.74, 6) is -5.80. The fraction of sp³-hybridized carbons (Fsp3) is 0.350. The molecule has 1 aliphatic heterocycles. The molecule has 1 aromatic heterocycles. The number of hydrogen-bond donors (Lipinski definition) is 2. The van der Waals surface area contributed by atoms with Crippen LogP contribution in [0, 0.1) is 11.7 Å². The highest BCUT2D eigenvalue weighted by Gasteiger charge is 2.62. The minimum Gasteiger partial charge on any atom is -0.461 e. The highest BCUT2D eigenvalue weighted by Crippen LogP contribution is 2.54. The number of hydrogen-bond acceptors (Lipinski definition) is 5. The van der Waals surface area contributed by atoms with Gasteiger partial charge in [-0.15, -0.1) is 0 Å². The van der Waals surface area contributed by atoms with Crippen molar-refractivity contribution in [2.45, 2.75) is 37.3 Å². The van der Waals surface area contributed by atoms with E-state index in [1.807, 2.05) is 0 Å². The lowest BCUT2D eigenvalue weighted by molar-refractivity contribution is -0.0961. The van der Waals surface area contributed by atoms with E-state index in [1.165, 1.54) is 37.4 Å². The minimum atomic E-state index is -3.11. The molecule has 3 atom stereocenters. The van der Waals surface area contributed by atoms with Gasteiger partial charge in [0.1, 0.15) is 23.2 Å². The first-order valence-corrected chi connectivity index (χ1v) is 9.61. The molecule has 1 fully saturated rings. The second-order valence-corrected chi connectivity index (χ2v) is 7.98. The van der Waals surface area contributed by atoms with Crippen LogP contribution in [0.2, 0.25) is 5.02 Å². The molecule has 2 aliphatic rings. The number of fused-ring (bicyclic) bond motifs is 1. The highest BCUT2D eigenvalue weighted by atomic mass is 35.5. The van der Waals surface area contributed by atoms with E-state index in [2.05, 4.69) is 15.3 Å². The fourth-order valence-corrected chi connectivity index (χ4v) is 4.34. The largest absolute Gasteiger partial charge is 0.461 e. The fourth-order valence-electron chi connectivity index (χ4n) is 4.23. The van der Waals surface area contributed by atoms with Crippen LogP contribution in [0.1, 0.15) is 35.8 Å². The number of pyridine rings is 1. The molecule has 2 aromatic rings. The van der Waals surface area contributed by atoms with Crippen LogP contribution < -0.4 is 11.1 Å². The van der Waals surface area contributed by atoms with Crippen LogP contribution in [0.15, 0.2) is 41.5 Å². The van der Waals surface area contributed by atoms with Crippen LogP contribution >= 0.6 is 11.6 Å². The zero-order valence-electron chi connectivity index (χ0n) is 15.8. The van der Waals surface area contributed by atoms with Gasteiger partial charge in [0.25, 0.3) is 17.9 Å². The summed E-state index contributed by atoms with van der Waals surface area (Å²) in [4.78, 5) is 20.4. The lowest BCUT2D eigenvalue weighted by atomic mass is 9.75.